The van der Waals surface area contributed by atoms with Crippen LogP contribution in [-0.4, -0.2) is 29.0 Å². The van der Waals surface area contributed by atoms with Crippen molar-refractivity contribution in [3.63, 3.8) is 0 Å². The van der Waals surface area contributed by atoms with Gasteiger partial charge in [0.05, 0.1) is 30.1 Å². The molecule has 0 radical (unpaired) electrons. The first-order valence-electron chi connectivity index (χ1n) is 9.65. The number of amides is 2. The van der Waals surface area contributed by atoms with Gasteiger partial charge in [0, 0.05) is 22.9 Å². The van der Waals surface area contributed by atoms with Crippen molar-refractivity contribution < 1.29 is 14.0 Å². The maximum atomic E-state index is 13.9. The Balaban J connectivity index is 1.60. The molecule has 2 aromatic carbocycles. The molecule has 0 N–H and O–H groups in total. The molecule has 1 unspecified atom stereocenters. The molecule has 1 aromatic heterocycles. The largest absolute Gasteiger partial charge is 0.459 e. The van der Waals surface area contributed by atoms with Crippen LogP contribution < -0.4 is 4.90 Å². The number of nitrogens with zero attached hydrogens (tertiary/aromatic N) is 3. The molecule has 5 rings (SSSR count). The molecule has 0 bridgehead atoms. The summed E-state index contributed by atoms with van der Waals surface area (Å²) in [6.07, 6.45) is 1.44. The summed E-state index contributed by atoms with van der Waals surface area (Å²) < 4.78 is 5.32. The minimum absolute atomic E-state index is 0.193. The molecule has 2 aliphatic rings. The van der Waals surface area contributed by atoms with Crippen molar-refractivity contribution in [1.82, 2.24) is 4.90 Å². The molecule has 1 spiro atoms. The minimum Gasteiger partial charge on any atom is -0.459 e. The number of nitriles is 1. The summed E-state index contributed by atoms with van der Waals surface area (Å²) in [7, 11) is 0. The lowest BCUT2D eigenvalue weighted by Crippen LogP contribution is -2.50. The molecule has 1 fully saturated rings. The normalized spacial score (nSPS) is 19.7. The first-order chi connectivity index (χ1) is 15.0. The number of hydrogen-bond donors (Lipinski definition) is 0. The van der Waals surface area contributed by atoms with Gasteiger partial charge in [-0.15, -0.1) is 11.8 Å². The zero-order valence-electron chi connectivity index (χ0n) is 16.2. The number of thioether (sulfide) groups is 1. The van der Waals surface area contributed by atoms with Crippen molar-refractivity contribution in [3.05, 3.63) is 88.3 Å². The van der Waals surface area contributed by atoms with Crippen molar-refractivity contribution in [2.45, 2.75) is 11.4 Å². The van der Waals surface area contributed by atoms with Gasteiger partial charge in [-0.3, -0.25) is 9.59 Å². The fourth-order valence-electron chi connectivity index (χ4n) is 4.20. The fraction of sp³-hybridized carbons (Fsp3) is 0.174. The van der Waals surface area contributed by atoms with Gasteiger partial charge in [-0.1, -0.05) is 23.7 Å². The second-order valence-corrected chi connectivity index (χ2v) is 9.02. The standard InChI is InChI=1S/C23H16ClN3O3S/c24-17-6-7-19-18(12-17)23(27(8-10-31-23)21(28)20-5-2-9-30-20)22(29)26(19)14-16-4-1-3-15(11-16)13-25/h1-7,9,11-12H,8,10,14H2. The van der Waals surface area contributed by atoms with E-state index in [2.05, 4.69) is 6.07 Å². The number of hydrogen-bond acceptors (Lipinski definition) is 5. The second kappa shape index (κ2) is 7.49. The first-order valence-corrected chi connectivity index (χ1v) is 11.0. The fourth-order valence-corrected chi connectivity index (χ4v) is 5.82. The summed E-state index contributed by atoms with van der Waals surface area (Å²) in [5, 5.41) is 9.71. The van der Waals surface area contributed by atoms with Crippen LogP contribution in [0.4, 0.5) is 5.69 Å². The van der Waals surface area contributed by atoms with Gasteiger partial charge in [0.2, 0.25) is 0 Å². The summed E-state index contributed by atoms with van der Waals surface area (Å²) in [5.41, 5.74) is 2.77. The molecular weight excluding hydrogens is 434 g/mol. The number of rotatable bonds is 3. The van der Waals surface area contributed by atoms with E-state index in [1.54, 1.807) is 52.3 Å². The molecule has 3 heterocycles. The van der Waals surface area contributed by atoms with Crippen molar-refractivity contribution in [2.24, 2.45) is 0 Å². The Morgan fingerprint density at radius 3 is 2.87 bits per heavy atom. The van der Waals surface area contributed by atoms with Crippen LogP contribution in [0.2, 0.25) is 5.02 Å². The van der Waals surface area contributed by atoms with E-state index in [0.717, 1.165) is 5.56 Å². The predicted molar refractivity (Wildman–Crippen MR) is 118 cm³/mol. The smallest absolute Gasteiger partial charge is 0.291 e. The number of carbonyl (C=O) groups excluding carboxylic acids is 2. The van der Waals surface area contributed by atoms with Crippen LogP contribution in [0.5, 0.6) is 0 Å². The average Bonchev–Trinajstić information content (AvgIpc) is 3.51. The Morgan fingerprint density at radius 1 is 1.23 bits per heavy atom. The highest BCUT2D eigenvalue weighted by atomic mass is 35.5. The zero-order chi connectivity index (χ0) is 21.6. The van der Waals surface area contributed by atoms with Crippen molar-refractivity contribution in [2.75, 3.05) is 17.2 Å². The summed E-state index contributed by atoms with van der Waals surface area (Å²) in [4.78, 5) is 29.2. The number of fused-ring (bicyclic) bond motifs is 2. The van der Waals surface area contributed by atoms with Crippen LogP contribution in [0.25, 0.3) is 0 Å². The number of carbonyl (C=O) groups is 2. The van der Waals surface area contributed by atoms with Gasteiger partial charge < -0.3 is 14.2 Å². The van der Waals surface area contributed by atoms with E-state index in [4.69, 9.17) is 16.0 Å². The highest BCUT2D eigenvalue weighted by molar-refractivity contribution is 8.01. The van der Waals surface area contributed by atoms with Gasteiger partial charge >= 0.3 is 0 Å². The molecule has 0 saturated carbocycles. The maximum Gasteiger partial charge on any atom is 0.291 e. The van der Waals surface area contributed by atoms with E-state index in [-0.39, 0.29) is 24.1 Å². The topological polar surface area (TPSA) is 77.5 Å². The van der Waals surface area contributed by atoms with Crippen molar-refractivity contribution >= 4 is 40.9 Å². The summed E-state index contributed by atoms with van der Waals surface area (Å²) in [6, 6.07) is 17.9. The van der Waals surface area contributed by atoms with Crippen LogP contribution in [0.3, 0.4) is 0 Å². The average molecular weight is 450 g/mol. The summed E-state index contributed by atoms with van der Waals surface area (Å²) in [5.74, 6) is 0.276. The SMILES string of the molecule is N#Cc1cccc(CN2C(=O)C3(SCCN3C(=O)c3ccco3)c3cc(Cl)ccc32)c1. The lowest BCUT2D eigenvalue weighted by molar-refractivity contribution is -0.123. The van der Waals surface area contributed by atoms with Crippen LogP contribution in [0.1, 0.15) is 27.2 Å². The third kappa shape index (κ3) is 3.02. The molecule has 3 aromatic rings. The molecule has 1 saturated heterocycles. The highest BCUT2D eigenvalue weighted by Crippen LogP contribution is 2.55. The van der Waals surface area contributed by atoms with Crippen LogP contribution in [0, 0.1) is 11.3 Å². The molecule has 2 aliphatic heterocycles. The predicted octanol–water partition coefficient (Wildman–Crippen LogP) is 4.39. The van der Waals surface area contributed by atoms with Crippen molar-refractivity contribution in [1.29, 1.82) is 5.26 Å². The Labute approximate surface area is 188 Å². The van der Waals surface area contributed by atoms with Gasteiger partial charge in [0.1, 0.15) is 0 Å². The van der Waals surface area contributed by atoms with Gasteiger partial charge in [-0.05, 0) is 48.0 Å². The van der Waals surface area contributed by atoms with E-state index in [0.29, 0.717) is 34.1 Å². The van der Waals surface area contributed by atoms with Gasteiger partial charge in [-0.2, -0.15) is 5.26 Å². The summed E-state index contributed by atoms with van der Waals surface area (Å²) in [6.45, 7) is 0.702. The van der Waals surface area contributed by atoms with Crippen molar-refractivity contribution in [3.8, 4) is 6.07 Å². The third-order valence-corrected chi connectivity index (χ3v) is 7.18. The molecule has 8 heteroatoms. The first kappa shape index (κ1) is 19.7. The Hall–Kier alpha value is -3.21. The maximum absolute atomic E-state index is 13.9. The second-order valence-electron chi connectivity index (χ2n) is 7.29. The minimum atomic E-state index is -1.20. The van der Waals surface area contributed by atoms with E-state index in [9.17, 15) is 14.9 Å². The lowest BCUT2D eigenvalue weighted by Gasteiger charge is -2.32. The number of anilines is 1. The highest BCUT2D eigenvalue weighted by Gasteiger charge is 2.59. The molecule has 154 valence electrons. The monoisotopic (exact) mass is 449 g/mol. The molecule has 1 atom stereocenters. The Morgan fingerprint density at radius 2 is 2.10 bits per heavy atom. The molecular formula is C23H16ClN3O3S. The van der Waals surface area contributed by atoms with E-state index >= 15 is 0 Å². The quantitative estimate of drug-likeness (QED) is 0.592. The van der Waals surface area contributed by atoms with Gasteiger partial charge in [0.15, 0.2) is 10.6 Å². The lowest BCUT2D eigenvalue weighted by atomic mass is 10.1. The molecule has 31 heavy (non-hydrogen) atoms. The van der Waals surface area contributed by atoms with Gasteiger partial charge in [-0.25, -0.2) is 0 Å². The summed E-state index contributed by atoms with van der Waals surface area (Å²) >= 11 is 7.74. The van der Waals surface area contributed by atoms with E-state index < -0.39 is 4.87 Å². The van der Waals surface area contributed by atoms with E-state index in [1.807, 2.05) is 12.1 Å². The van der Waals surface area contributed by atoms with E-state index in [1.165, 1.54) is 18.0 Å². The number of halogens is 1. The van der Waals surface area contributed by atoms with Crippen LogP contribution >= 0.6 is 23.4 Å². The molecule has 6 nitrogen and oxygen atoms in total. The van der Waals surface area contributed by atoms with Crippen LogP contribution in [0.15, 0.2) is 65.3 Å². The molecule has 0 aliphatic carbocycles. The third-order valence-electron chi connectivity index (χ3n) is 5.53. The number of furan rings is 1. The molecule has 2 amide bonds. The van der Waals surface area contributed by atoms with Crippen LogP contribution in [-0.2, 0) is 16.2 Å². The Bertz CT molecular complexity index is 1240. The zero-order valence-corrected chi connectivity index (χ0v) is 17.8. The number of benzene rings is 2. The van der Waals surface area contributed by atoms with Gasteiger partial charge in [0.25, 0.3) is 11.8 Å². The Kier molecular flexibility index (Phi) is 4.77.